The van der Waals surface area contributed by atoms with Crippen LogP contribution in [0.3, 0.4) is 0 Å². The van der Waals surface area contributed by atoms with Crippen LogP contribution in [0.15, 0.2) is 22.7 Å². The Hall–Kier alpha value is -0.600. The molecule has 0 aliphatic heterocycles. The fraction of sp³-hybridized carbons (Fsp3) is 0.538. The molecule has 0 heterocycles. The molecule has 2 N–H and O–H groups in total. The van der Waals surface area contributed by atoms with Crippen molar-refractivity contribution in [3.63, 3.8) is 0 Å². The molecule has 0 aromatic heterocycles. The van der Waals surface area contributed by atoms with Crippen molar-refractivity contribution in [2.45, 2.75) is 32.0 Å². The van der Waals surface area contributed by atoms with Crippen molar-refractivity contribution in [1.29, 1.82) is 0 Å². The lowest BCUT2D eigenvalue weighted by molar-refractivity contribution is -0.138. The van der Waals surface area contributed by atoms with E-state index in [0.717, 1.165) is 6.07 Å². The zero-order chi connectivity index (χ0) is 16.3. The fourth-order valence-electron chi connectivity index (χ4n) is 1.92. The third-order valence-electron chi connectivity index (χ3n) is 3.13. The second-order valence-corrected chi connectivity index (χ2v) is 8.10. The predicted molar refractivity (Wildman–Crippen MR) is 79.6 cm³/mol. The molecule has 120 valence electrons. The lowest BCUT2D eigenvalue weighted by Gasteiger charge is -2.18. The first kappa shape index (κ1) is 18.4. The maximum atomic E-state index is 13.0. The van der Waals surface area contributed by atoms with Crippen LogP contribution in [0.4, 0.5) is 13.2 Å². The van der Waals surface area contributed by atoms with Crippen LogP contribution in [-0.4, -0.2) is 19.9 Å². The third kappa shape index (κ3) is 5.60. The summed E-state index contributed by atoms with van der Waals surface area (Å²) in [6.45, 7) is 1.53. The van der Waals surface area contributed by atoms with Crippen LogP contribution in [0.5, 0.6) is 0 Å². The summed E-state index contributed by atoms with van der Waals surface area (Å²) in [6.07, 6.45) is -4.07. The Kier molecular flexibility index (Phi) is 6.24. The molecule has 0 fully saturated rings. The highest BCUT2D eigenvalue weighted by atomic mass is 79.9. The molecule has 0 amide bonds. The van der Waals surface area contributed by atoms with Gasteiger partial charge in [-0.05, 0) is 30.5 Å². The highest BCUT2D eigenvalue weighted by Crippen LogP contribution is 2.36. The summed E-state index contributed by atoms with van der Waals surface area (Å²) in [5.41, 5.74) is 5.00. The molecule has 1 rings (SSSR count). The standard InChI is InChI=1S/C13H17BrF3NO2S/c1-2-21(19,20)7-3-4-12(18)10-6-5-9(14)8-11(10)13(15,16)17/h5-6,8,12H,2-4,7,18H2,1H3. The summed E-state index contributed by atoms with van der Waals surface area (Å²) in [5, 5.41) is 0. The van der Waals surface area contributed by atoms with Crippen molar-refractivity contribution >= 4 is 25.8 Å². The van der Waals surface area contributed by atoms with E-state index in [0.29, 0.717) is 4.47 Å². The van der Waals surface area contributed by atoms with E-state index in [9.17, 15) is 21.6 Å². The molecular weight excluding hydrogens is 371 g/mol. The van der Waals surface area contributed by atoms with E-state index in [1.165, 1.54) is 19.1 Å². The molecule has 0 aliphatic rings. The van der Waals surface area contributed by atoms with E-state index >= 15 is 0 Å². The second-order valence-electron chi connectivity index (χ2n) is 4.71. The molecule has 0 saturated carbocycles. The van der Waals surface area contributed by atoms with Crippen molar-refractivity contribution in [1.82, 2.24) is 0 Å². The second kappa shape index (κ2) is 7.11. The molecule has 1 aromatic carbocycles. The molecule has 0 aliphatic carbocycles. The topological polar surface area (TPSA) is 60.2 Å². The van der Waals surface area contributed by atoms with E-state index in [1.807, 2.05) is 0 Å². The predicted octanol–water partition coefficient (Wildman–Crippen LogP) is 3.68. The summed E-state index contributed by atoms with van der Waals surface area (Å²) in [5.74, 6) is -0.0383. The van der Waals surface area contributed by atoms with Crippen LogP contribution in [0.2, 0.25) is 0 Å². The molecule has 1 aromatic rings. The summed E-state index contributed by atoms with van der Waals surface area (Å²) in [4.78, 5) is 0. The number of hydrogen-bond acceptors (Lipinski definition) is 3. The van der Waals surface area contributed by atoms with Crippen LogP contribution in [-0.2, 0) is 16.0 Å². The molecule has 21 heavy (non-hydrogen) atoms. The number of halogens is 4. The Morgan fingerprint density at radius 3 is 2.48 bits per heavy atom. The maximum absolute atomic E-state index is 13.0. The minimum absolute atomic E-state index is 0.0143. The fourth-order valence-corrected chi connectivity index (χ4v) is 3.18. The number of alkyl halides is 3. The highest BCUT2D eigenvalue weighted by molar-refractivity contribution is 9.10. The van der Waals surface area contributed by atoms with Crippen molar-refractivity contribution in [3.05, 3.63) is 33.8 Å². The average molecular weight is 388 g/mol. The van der Waals surface area contributed by atoms with E-state index < -0.39 is 27.6 Å². The summed E-state index contributed by atoms with van der Waals surface area (Å²) >= 11 is 3.01. The number of benzene rings is 1. The monoisotopic (exact) mass is 387 g/mol. The largest absolute Gasteiger partial charge is 0.416 e. The Balaban J connectivity index is 2.86. The summed E-state index contributed by atoms with van der Waals surface area (Å²) in [6, 6.07) is 2.96. The molecule has 8 heteroatoms. The molecular formula is C13H17BrF3NO2S. The first-order valence-corrected chi connectivity index (χ1v) is 9.01. The van der Waals surface area contributed by atoms with Gasteiger partial charge in [-0.1, -0.05) is 28.9 Å². The van der Waals surface area contributed by atoms with Gasteiger partial charge in [-0.15, -0.1) is 0 Å². The van der Waals surface area contributed by atoms with Crippen LogP contribution >= 0.6 is 15.9 Å². The number of nitrogens with two attached hydrogens (primary N) is 1. The van der Waals surface area contributed by atoms with Gasteiger partial charge in [-0.25, -0.2) is 8.42 Å². The lowest BCUT2D eigenvalue weighted by Crippen LogP contribution is -2.19. The van der Waals surface area contributed by atoms with Crippen LogP contribution < -0.4 is 5.73 Å². The molecule has 0 radical (unpaired) electrons. The molecule has 3 nitrogen and oxygen atoms in total. The first-order valence-electron chi connectivity index (χ1n) is 6.39. The van der Waals surface area contributed by atoms with Gasteiger partial charge in [0.15, 0.2) is 0 Å². The van der Waals surface area contributed by atoms with E-state index in [2.05, 4.69) is 15.9 Å². The molecule has 1 atom stereocenters. The Bertz CT molecular complexity index is 588. The maximum Gasteiger partial charge on any atom is 0.416 e. The van der Waals surface area contributed by atoms with Gasteiger partial charge in [0, 0.05) is 16.3 Å². The minimum Gasteiger partial charge on any atom is -0.324 e. The number of rotatable bonds is 6. The zero-order valence-electron chi connectivity index (χ0n) is 11.5. The molecule has 0 spiro atoms. The van der Waals surface area contributed by atoms with E-state index in [1.54, 1.807) is 0 Å². The number of hydrogen-bond donors (Lipinski definition) is 1. The Morgan fingerprint density at radius 2 is 1.95 bits per heavy atom. The number of sulfone groups is 1. The normalized spacial score (nSPS) is 14.2. The van der Waals surface area contributed by atoms with Gasteiger partial charge in [-0.3, -0.25) is 0 Å². The Morgan fingerprint density at radius 1 is 1.33 bits per heavy atom. The van der Waals surface area contributed by atoms with Gasteiger partial charge in [0.25, 0.3) is 0 Å². The summed E-state index contributed by atoms with van der Waals surface area (Å²) < 4.78 is 62.0. The van der Waals surface area contributed by atoms with Gasteiger partial charge >= 0.3 is 6.18 Å². The van der Waals surface area contributed by atoms with Crippen LogP contribution in [0.25, 0.3) is 0 Å². The van der Waals surface area contributed by atoms with Gasteiger partial charge in [0.2, 0.25) is 0 Å². The van der Waals surface area contributed by atoms with Crippen molar-refractivity contribution in [3.8, 4) is 0 Å². The van der Waals surface area contributed by atoms with Crippen molar-refractivity contribution in [2.75, 3.05) is 11.5 Å². The highest BCUT2D eigenvalue weighted by Gasteiger charge is 2.34. The third-order valence-corrected chi connectivity index (χ3v) is 5.41. The van der Waals surface area contributed by atoms with Gasteiger partial charge in [-0.2, -0.15) is 13.2 Å². The van der Waals surface area contributed by atoms with Gasteiger partial charge < -0.3 is 5.73 Å². The van der Waals surface area contributed by atoms with Crippen LogP contribution in [0, 0.1) is 0 Å². The Labute approximate surface area is 130 Å². The lowest BCUT2D eigenvalue weighted by atomic mass is 9.97. The van der Waals surface area contributed by atoms with E-state index in [-0.39, 0.29) is 29.9 Å². The van der Waals surface area contributed by atoms with Gasteiger partial charge in [0.1, 0.15) is 9.84 Å². The average Bonchev–Trinajstić information content (AvgIpc) is 2.37. The van der Waals surface area contributed by atoms with Crippen molar-refractivity contribution < 1.29 is 21.6 Å². The van der Waals surface area contributed by atoms with E-state index in [4.69, 9.17) is 5.73 Å². The zero-order valence-corrected chi connectivity index (χ0v) is 13.9. The van der Waals surface area contributed by atoms with Gasteiger partial charge in [0.05, 0.1) is 11.3 Å². The quantitative estimate of drug-likeness (QED) is 0.809. The summed E-state index contributed by atoms with van der Waals surface area (Å²) in [7, 11) is -3.13. The SMILES string of the molecule is CCS(=O)(=O)CCCC(N)c1ccc(Br)cc1C(F)(F)F. The minimum atomic E-state index is -4.49. The first-order chi connectivity index (χ1) is 9.57. The molecule has 0 saturated heterocycles. The van der Waals surface area contributed by atoms with Crippen LogP contribution in [0.1, 0.15) is 36.9 Å². The smallest absolute Gasteiger partial charge is 0.324 e. The van der Waals surface area contributed by atoms with Crippen molar-refractivity contribution in [2.24, 2.45) is 5.73 Å². The molecule has 0 bridgehead atoms. The molecule has 1 unspecified atom stereocenters.